The van der Waals surface area contributed by atoms with E-state index in [0.717, 1.165) is 43.4 Å². The molecule has 0 aromatic carbocycles. The third-order valence-electron chi connectivity index (χ3n) is 7.01. The van der Waals surface area contributed by atoms with Crippen molar-refractivity contribution in [3.63, 3.8) is 0 Å². The Balaban J connectivity index is 1.77. The van der Waals surface area contributed by atoms with E-state index in [1.807, 2.05) is 20.8 Å². The number of thiophene rings is 1. The van der Waals surface area contributed by atoms with Crippen molar-refractivity contribution in [2.75, 3.05) is 18.0 Å². The standard InChI is InChI=1S/C26H34N4O5S2/c1-17-27-14-23(28(17)5)37(34,35)29-15-21(18-9-7-6-8-10-18)30(22(31)16-29)20-13-19(11-12-26(2,3)4)36-24(20)25(32)33/h13-14,18,21H,6-10,15-16H2,1-5H3,(H,32,33). The summed E-state index contributed by atoms with van der Waals surface area (Å²) in [6, 6.07) is 1.21. The van der Waals surface area contributed by atoms with E-state index in [2.05, 4.69) is 16.8 Å². The fourth-order valence-corrected chi connectivity index (χ4v) is 7.42. The molecule has 2 aliphatic rings. The number of carbonyl (C=O) groups excluding carboxylic acids is 1. The van der Waals surface area contributed by atoms with Crippen molar-refractivity contribution >= 4 is 38.9 Å². The first-order valence-corrected chi connectivity index (χ1v) is 14.8. The van der Waals surface area contributed by atoms with E-state index in [4.69, 9.17) is 0 Å². The number of rotatable bonds is 5. The molecule has 1 unspecified atom stereocenters. The number of hydrogen-bond acceptors (Lipinski definition) is 6. The van der Waals surface area contributed by atoms with E-state index in [0.29, 0.717) is 16.4 Å². The second-order valence-corrected chi connectivity index (χ2v) is 13.8. The number of carbonyl (C=O) groups is 2. The molecule has 1 N–H and O–H groups in total. The number of aromatic carboxylic acids is 1. The van der Waals surface area contributed by atoms with Gasteiger partial charge in [-0.3, -0.25) is 4.79 Å². The minimum Gasteiger partial charge on any atom is -0.477 e. The van der Waals surface area contributed by atoms with Crippen LogP contribution in [-0.4, -0.2) is 58.4 Å². The van der Waals surface area contributed by atoms with Crippen LogP contribution >= 0.6 is 11.3 Å². The molecule has 9 nitrogen and oxygen atoms in total. The molecule has 2 aromatic heterocycles. The zero-order chi connectivity index (χ0) is 27.1. The van der Waals surface area contributed by atoms with E-state index in [-0.39, 0.29) is 34.3 Å². The Kier molecular flexibility index (Phi) is 7.57. The van der Waals surface area contributed by atoms with Gasteiger partial charge in [-0.2, -0.15) is 4.31 Å². The fraction of sp³-hybridized carbons (Fsp3) is 0.577. The number of nitrogens with zero attached hydrogens (tertiary/aromatic N) is 4. The number of hydrogen-bond donors (Lipinski definition) is 1. The Morgan fingerprint density at radius 2 is 1.89 bits per heavy atom. The average molecular weight is 547 g/mol. The van der Waals surface area contributed by atoms with Gasteiger partial charge in [0, 0.05) is 19.0 Å². The topological polar surface area (TPSA) is 113 Å². The van der Waals surface area contributed by atoms with Gasteiger partial charge in [-0.05, 0) is 52.5 Å². The number of piperazine rings is 1. The van der Waals surface area contributed by atoms with Crippen molar-refractivity contribution in [2.45, 2.75) is 70.9 Å². The van der Waals surface area contributed by atoms with Crippen LogP contribution in [0, 0.1) is 30.1 Å². The second-order valence-electron chi connectivity index (χ2n) is 10.9. The number of anilines is 1. The average Bonchev–Trinajstić information content (AvgIpc) is 3.41. The summed E-state index contributed by atoms with van der Waals surface area (Å²) in [7, 11) is -2.34. The van der Waals surface area contributed by atoms with E-state index < -0.39 is 27.9 Å². The highest BCUT2D eigenvalue weighted by Gasteiger charge is 2.44. The highest BCUT2D eigenvalue weighted by molar-refractivity contribution is 7.89. The van der Waals surface area contributed by atoms with Crippen molar-refractivity contribution in [1.82, 2.24) is 13.9 Å². The Bertz CT molecular complexity index is 1370. The number of imidazole rings is 1. The van der Waals surface area contributed by atoms with Crippen molar-refractivity contribution in [2.24, 2.45) is 18.4 Å². The van der Waals surface area contributed by atoms with Gasteiger partial charge >= 0.3 is 5.97 Å². The number of aryl methyl sites for hydroxylation is 1. The zero-order valence-corrected chi connectivity index (χ0v) is 23.6. The largest absolute Gasteiger partial charge is 0.477 e. The van der Waals surface area contributed by atoms with E-state index in [9.17, 15) is 23.1 Å². The molecule has 0 radical (unpaired) electrons. The molecule has 3 heterocycles. The lowest BCUT2D eigenvalue weighted by atomic mass is 9.82. The van der Waals surface area contributed by atoms with Crippen LogP contribution in [-0.2, 0) is 21.9 Å². The lowest BCUT2D eigenvalue weighted by molar-refractivity contribution is -0.121. The van der Waals surface area contributed by atoms with Crippen LogP contribution in [0.2, 0.25) is 0 Å². The molecule has 2 fully saturated rings. The molecule has 0 spiro atoms. The fourth-order valence-electron chi connectivity index (χ4n) is 5.02. The predicted octanol–water partition coefficient (Wildman–Crippen LogP) is 3.87. The van der Waals surface area contributed by atoms with Gasteiger partial charge in [-0.15, -0.1) is 11.3 Å². The maximum Gasteiger partial charge on any atom is 0.348 e. The Hall–Kier alpha value is -2.68. The molecule has 1 saturated carbocycles. The van der Waals surface area contributed by atoms with Gasteiger partial charge in [0.15, 0.2) is 5.03 Å². The Morgan fingerprint density at radius 1 is 1.22 bits per heavy atom. The normalized spacial score (nSPS) is 20.1. The highest BCUT2D eigenvalue weighted by Crippen LogP contribution is 2.39. The molecule has 200 valence electrons. The number of carboxylic acid groups (broad SMARTS) is 1. The molecular formula is C26H34N4O5S2. The summed E-state index contributed by atoms with van der Waals surface area (Å²) < 4.78 is 29.9. The van der Waals surface area contributed by atoms with Crippen LogP contribution in [0.15, 0.2) is 17.3 Å². The third kappa shape index (κ3) is 5.61. The second kappa shape index (κ2) is 10.2. The van der Waals surface area contributed by atoms with Crippen molar-refractivity contribution in [3.8, 4) is 11.8 Å². The number of carboxylic acids is 1. The summed E-state index contributed by atoms with van der Waals surface area (Å²) in [6.45, 7) is 7.36. The molecule has 4 rings (SSSR count). The molecule has 37 heavy (non-hydrogen) atoms. The van der Waals surface area contributed by atoms with Gasteiger partial charge in [0.25, 0.3) is 10.0 Å². The molecular weight excluding hydrogens is 512 g/mol. The Morgan fingerprint density at radius 3 is 2.46 bits per heavy atom. The first-order valence-electron chi connectivity index (χ1n) is 12.5. The van der Waals surface area contributed by atoms with Crippen LogP contribution in [0.5, 0.6) is 0 Å². The monoisotopic (exact) mass is 546 g/mol. The van der Waals surface area contributed by atoms with E-state index in [1.165, 1.54) is 15.1 Å². The maximum atomic E-state index is 13.7. The SMILES string of the molecule is Cc1ncc(S(=O)(=O)N2CC(=O)N(c3cc(C#CC(C)(C)C)sc3C(=O)O)C(C3CCCCC3)C2)n1C. The van der Waals surface area contributed by atoms with Crippen LogP contribution < -0.4 is 4.90 Å². The quantitative estimate of drug-likeness (QED) is 0.570. The van der Waals surface area contributed by atoms with Gasteiger partial charge in [0.2, 0.25) is 5.91 Å². The first kappa shape index (κ1) is 27.4. The van der Waals surface area contributed by atoms with Crippen LogP contribution in [0.4, 0.5) is 5.69 Å². The van der Waals surface area contributed by atoms with Gasteiger partial charge in [0.05, 0.1) is 29.3 Å². The summed E-state index contributed by atoms with van der Waals surface area (Å²) in [6.07, 6.45) is 6.12. The maximum absolute atomic E-state index is 13.7. The number of sulfonamides is 1. The van der Waals surface area contributed by atoms with Crippen LogP contribution in [0.1, 0.15) is 73.2 Å². The summed E-state index contributed by atoms with van der Waals surface area (Å²) in [4.78, 5) is 32.2. The predicted molar refractivity (Wildman–Crippen MR) is 142 cm³/mol. The molecule has 11 heteroatoms. The molecule has 0 bridgehead atoms. The minimum absolute atomic E-state index is 0.0372. The molecule has 2 aromatic rings. The summed E-state index contributed by atoms with van der Waals surface area (Å²) in [5.41, 5.74) is 0.0442. The van der Waals surface area contributed by atoms with Crippen molar-refractivity contribution in [1.29, 1.82) is 0 Å². The highest BCUT2D eigenvalue weighted by atomic mass is 32.2. The van der Waals surface area contributed by atoms with Crippen LogP contribution in [0.25, 0.3) is 0 Å². The van der Waals surface area contributed by atoms with Gasteiger partial charge < -0.3 is 14.6 Å². The summed E-state index contributed by atoms with van der Waals surface area (Å²) in [5.74, 6) is 5.25. The van der Waals surface area contributed by atoms with Crippen molar-refractivity contribution < 1.29 is 23.1 Å². The lowest BCUT2D eigenvalue weighted by Gasteiger charge is -2.44. The minimum atomic E-state index is -3.98. The lowest BCUT2D eigenvalue weighted by Crippen LogP contribution is -2.60. The third-order valence-corrected chi connectivity index (χ3v) is 9.90. The smallest absolute Gasteiger partial charge is 0.348 e. The summed E-state index contributed by atoms with van der Waals surface area (Å²) >= 11 is 1.05. The number of aromatic nitrogens is 2. The van der Waals surface area contributed by atoms with Crippen LogP contribution in [0.3, 0.4) is 0 Å². The van der Waals surface area contributed by atoms with E-state index >= 15 is 0 Å². The van der Waals surface area contributed by atoms with Gasteiger partial charge in [-0.1, -0.05) is 31.1 Å². The first-order chi connectivity index (χ1) is 17.3. The van der Waals surface area contributed by atoms with Gasteiger partial charge in [-0.25, -0.2) is 18.2 Å². The molecule has 1 atom stereocenters. The molecule has 1 aliphatic carbocycles. The molecule has 1 saturated heterocycles. The van der Waals surface area contributed by atoms with Crippen molar-refractivity contribution in [3.05, 3.63) is 27.8 Å². The van der Waals surface area contributed by atoms with Gasteiger partial charge in [0.1, 0.15) is 10.7 Å². The Labute approximate surface area is 222 Å². The molecule has 1 aliphatic heterocycles. The zero-order valence-electron chi connectivity index (χ0n) is 21.9. The number of amides is 1. The van der Waals surface area contributed by atoms with E-state index in [1.54, 1.807) is 24.9 Å². The molecule has 1 amide bonds. The summed E-state index contributed by atoms with van der Waals surface area (Å²) in [5, 5.41) is 10.0.